The lowest BCUT2D eigenvalue weighted by molar-refractivity contribution is -0.384. The molecule has 2 heterocycles. The fourth-order valence-corrected chi connectivity index (χ4v) is 9.92. The number of nitro groups is 1. The van der Waals surface area contributed by atoms with Crippen LogP contribution in [0.15, 0.2) is 96.2 Å². The molecule has 2 saturated carbocycles. The number of rotatable bonds is 23. The van der Waals surface area contributed by atoms with Crippen LogP contribution in [-0.4, -0.2) is 94.4 Å². The molecule has 63 heavy (non-hydrogen) atoms. The molecule has 5 aliphatic rings. The van der Waals surface area contributed by atoms with Gasteiger partial charge in [0.1, 0.15) is 36.6 Å². The van der Waals surface area contributed by atoms with Crippen LogP contribution in [0.2, 0.25) is 0 Å². The SMILES string of the molecule is C=CCO[C@@]12Oc3ccc(OCCN4CC4)cc3[C@H]3[C@H](CCCCO)[C@@H](CCCCO)C=C(C(=NOCc4ccc([N+](=O)[O-])cc4)C[C@@H]1N(Cc1ccc(F)cc1)C(=O)C1CC1)[C@H]32. The van der Waals surface area contributed by atoms with E-state index in [1.807, 2.05) is 17.0 Å². The summed E-state index contributed by atoms with van der Waals surface area (Å²) in [7, 11) is 0. The van der Waals surface area contributed by atoms with Crippen molar-refractivity contribution in [1.29, 1.82) is 0 Å². The Hall–Kier alpha value is -5.15. The van der Waals surface area contributed by atoms with Crippen molar-refractivity contribution in [1.82, 2.24) is 9.80 Å². The maximum atomic E-state index is 14.8. The molecule has 0 aromatic heterocycles. The van der Waals surface area contributed by atoms with Crippen molar-refractivity contribution < 1.29 is 43.4 Å². The maximum Gasteiger partial charge on any atom is 0.269 e. The maximum absolute atomic E-state index is 14.8. The number of allylic oxidation sites excluding steroid dienone is 1. The fourth-order valence-electron chi connectivity index (χ4n) is 9.92. The minimum absolute atomic E-state index is 0.0244. The van der Waals surface area contributed by atoms with E-state index in [0.29, 0.717) is 36.5 Å². The smallest absolute Gasteiger partial charge is 0.269 e. The van der Waals surface area contributed by atoms with E-state index < -0.39 is 22.7 Å². The van der Waals surface area contributed by atoms with Crippen LogP contribution in [0.3, 0.4) is 0 Å². The number of non-ortho nitro benzene ring substituents is 1. The Morgan fingerprint density at radius 3 is 2.43 bits per heavy atom. The monoisotopic (exact) mass is 866 g/mol. The van der Waals surface area contributed by atoms with Gasteiger partial charge in [0.05, 0.1) is 23.2 Å². The van der Waals surface area contributed by atoms with Gasteiger partial charge in [0.2, 0.25) is 11.7 Å². The number of unbranched alkanes of at least 4 members (excludes halogenated alkanes) is 2. The van der Waals surface area contributed by atoms with Crippen molar-refractivity contribution in [2.75, 3.05) is 46.1 Å². The van der Waals surface area contributed by atoms with Gasteiger partial charge in [0.15, 0.2) is 0 Å². The first-order valence-corrected chi connectivity index (χ1v) is 22.6. The minimum atomic E-state index is -1.44. The quantitative estimate of drug-likeness (QED) is 0.0319. The number of amides is 1. The highest BCUT2D eigenvalue weighted by Crippen LogP contribution is 2.62. The van der Waals surface area contributed by atoms with Gasteiger partial charge in [-0.05, 0) is 110 Å². The number of carbonyl (C=O) groups is 1. The second kappa shape index (κ2) is 20.1. The molecule has 0 unspecified atom stereocenters. The molecule has 0 radical (unpaired) electrons. The summed E-state index contributed by atoms with van der Waals surface area (Å²) >= 11 is 0. The second-order valence-electron chi connectivity index (χ2n) is 17.5. The number of aliphatic hydroxyl groups excluding tert-OH is 2. The number of oxime groups is 1. The predicted molar refractivity (Wildman–Crippen MR) is 234 cm³/mol. The van der Waals surface area contributed by atoms with Gasteiger partial charge >= 0.3 is 0 Å². The average Bonchev–Trinajstić information content (AvgIpc) is 4.24. The molecule has 0 spiro atoms. The largest absolute Gasteiger partial charge is 0.492 e. The molecule has 0 bridgehead atoms. The number of nitro benzene ring substituents is 1. The highest BCUT2D eigenvalue weighted by Gasteiger charge is 2.66. The van der Waals surface area contributed by atoms with Crippen LogP contribution in [0.5, 0.6) is 11.5 Å². The summed E-state index contributed by atoms with van der Waals surface area (Å²) in [6, 6.07) is 17.6. The summed E-state index contributed by atoms with van der Waals surface area (Å²) in [5, 5.41) is 36.2. The van der Waals surface area contributed by atoms with Crippen LogP contribution in [0.4, 0.5) is 10.1 Å². The fraction of sp³-hybridized carbons (Fsp3) is 0.510. The third-order valence-electron chi connectivity index (χ3n) is 13.3. The molecule has 8 rings (SSSR count). The highest BCUT2D eigenvalue weighted by molar-refractivity contribution is 6.03. The number of halogens is 1. The molecule has 3 aromatic carbocycles. The lowest BCUT2D eigenvalue weighted by Crippen LogP contribution is -2.70. The zero-order valence-electron chi connectivity index (χ0n) is 35.8. The molecule has 6 atom stereocenters. The molecule has 2 aliphatic heterocycles. The normalized spacial score (nSPS) is 25.3. The summed E-state index contributed by atoms with van der Waals surface area (Å²) in [5.74, 6) is -1.30. The minimum Gasteiger partial charge on any atom is -0.492 e. The Balaban J connectivity index is 1.29. The first-order valence-electron chi connectivity index (χ1n) is 22.6. The van der Waals surface area contributed by atoms with Gasteiger partial charge in [-0.15, -0.1) is 6.58 Å². The molecule has 14 heteroatoms. The van der Waals surface area contributed by atoms with Crippen molar-refractivity contribution in [2.45, 2.75) is 88.7 Å². The van der Waals surface area contributed by atoms with Crippen LogP contribution >= 0.6 is 0 Å². The molecule has 2 N–H and O–H groups in total. The molecule has 3 fully saturated rings. The van der Waals surface area contributed by atoms with Gasteiger partial charge in [0.25, 0.3) is 5.69 Å². The standard InChI is InChI=1S/C49H59FN4O9/c1-2-26-61-49-45(53(48(57)35-13-14-35)31-33-9-15-37(50)16-10-33)30-43(51-62-32-34-11-17-38(18-12-34)54(58)59)41-28-36(7-3-5-24-55)40(8-4-6-25-56)46(47(41)49)42-29-39(19-20-44(42)63-49)60-27-23-52-21-22-52/h2,9-12,15-20,28-29,35-36,40,45-47,55-56H,1,3-8,13-14,21-27,30-32H2/t36-,40+,45-,46+,47+,49+/m0/s1. The molecular formula is C49H59FN4O9. The summed E-state index contributed by atoms with van der Waals surface area (Å²) in [4.78, 5) is 36.1. The second-order valence-corrected chi connectivity index (χ2v) is 17.5. The number of ether oxygens (including phenoxy) is 3. The molecule has 1 amide bonds. The zero-order valence-corrected chi connectivity index (χ0v) is 35.8. The van der Waals surface area contributed by atoms with Crippen molar-refractivity contribution >= 4 is 17.3 Å². The van der Waals surface area contributed by atoms with E-state index in [9.17, 15) is 29.5 Å². The molecule has 336 valence electrons. The van der Waals surface area contributed by atoms with E-state index in [0.717, 1.165) is 80.6 Å². The number of carbonyl (C=O) groups excluding carboxylic acids is 1. The van der Waals surface area contributed by atoms with Crippen molar-refractivity contribution in [3.05, 3.63) is 124 Å². The van der Waals surface area contributed by atoms with E-state index in [-0.39, 0.29) is 80.5 Å². The van der Waals surface area contributed by atoms with Crippen molar-refractivity contribution in [3.63, 3.8) is 0 Å². The van der Waals surface area contributed by atoms with Gasteiger partial charge in [-0.1, -0.05) is 42.3 Å². The Morgan fingerprint density at radius 1 is 1.02 bits per heavy atom. The lowest BCUT2D eigenvalue weighted by Gasteiger charge is -2.60. The average molecular weight is 867 g/mol. The van der Waals surface area contributed by atoms with Crippen LogP contribution in [0.1, 0.15) is 80.4 Å². The third-order valence-corrected chi connectivity index (χ3v) is 13.3. The lowest BCUT2D eigenvalue weighted by atomic mass is 9.55. The number of nitrogens with zero attached hydrogens (tertiary/aromatic N) is 4. The Bertz CT molecular complexity index is 2140. The Labute approximate surface area is 368 Å². The van der Waals surface area contributed by atoms with E-state index in [2.05, 4.69) is 23.6 Å². The Kier molecular flexibility index (Phi) is 14.2. The van der Waals surface area contributed by atoms with Crippen LogP contribution in [0.25, 0.3) is 0 Å². The van der Waals surface area contributed by atoms with E-state index in [4.69, 9.17) is 24.2 Å². The molecular weight excluding hydrogens is 808 g/mol. The first-order chi connectivity index (χ1) is 30.7. The summed E-state index contributed by atoms with van der Waals surface area (Å²) in [6.07, 6.45) is 10.2. The first kappa shape index (κ1) is 44.5. The van der Waals surface area contributed by atoms with Gasteiger partial charge in [0, 0.05) is 75.3 Å². The number of benzene rings is 3. The molecule has 3 aromatic rings. The molecule has 3 aliphatic carbocycles. The number of aliphatic hydroxyl groups is 2. The number of hydrogen-bond donors (Lipinski definition) is 2. The summed E-state index contributed by atoms with van der Waals surface area (Å²) < 4.78 is 35.2. The van der Waals surface area contributed by atoms with Gasteiger partial charge in [-0.3, -0.25) is 19.8 Å². The van der Waals surface area contributed by atoms with Crippen LogP contribution < -0.4 is 9.47 Å². The van der Waals surface area contributed by atoms with E-state index in [1.54, 1.807) is 30.3 Å². The van der Waals surface area contributed by atoms with E-state index >= 15 is 0 Å². The summed E-state index contributed by atoms with van der Waals surface area (Å²) in [5.41, 5.74) is 3.94. The zero-order chi connectivity index (χ0) is 43.9. The van der Waals surface area contributed by atoms with Crippen molar-refractivity contribution in [3.8, 4) is 11.5 Å². The topological polar surface area (TPSA) is 156 Å². The van der Waals surface area contributed by atoms with Gasteiger partial charge in [-0.25, -0.2) is 4.39 Å². The third kappa shape index (κ3) is 10.1. The van der Waals surface area contributed by atoms with Gasteiger partial charge < -0.3 is 34.2 Å². The Morgan fingerprint density at radius 2 is 1.75 bits per heavy atom. The highest BCUT2D eigenvalue weighted by atomic mass is 19.1. The summed E-state index contributed by atoms with van der Waals surface area (Å²) in [6.45, 7) is 8.07. The van der Waals surface area contributed by atoms with E-state index in [1.165, 1.54) is 24.3 Å². The molecule has 1 saturated heterocycles. The number of fused-ring (bicyclic) bond motifs is 2. The van der Waals surface area contributed by atoms with Crippen molar-refractivity contribution in [2.24, 2.45) is 28.8 Å². The molecule has 13 nitrogen and oxygen atoms in total. The van der Waals surface area contributed by atoms with Gasteiger partial charge in [-0.2, -0.15) is 0 Å². The van der Waals surface area contributed by atoms with Crippen LogP contribution in [0, 0.1) is 39.6 Å². The number of hydrogen-bond acceptors (Lipinski definition) is 11. The predicted octanol–water partition coefficient (Wildman–Crippen LogP) is 7.70. The van der Waals surface area contributed by atoms with Crippen LogP contribution in [-0.2, 0) is 27.5 Å².